The summed E-state index contributed by atoms with van der Waals surface area (Å²) < 4.78 is 0. The SMILES string of the molecule is N#Cc1ccc(C(O)C(O)CCO)nc1. The van der Waals surface area contributed by atoms with E-state index in [4.69, 9.17) is 10.4 Å². The van der Waals surface area contributed by atoms with Gasteiger partial charge >= 0.3 is 0 Å². The number of nitriles is 1. The predicted octanol–water partition coefficient (Wildman–Crippen LogP) is -0.270. The van der Waals surface area contributed by atoms with Crippen molar-refractivity contribution in [1.29, 1.82) is 5.26 Å². The summed E-state index contributed by atoms with van der Waals surface area (Å²) in [6, 6.07) is 4.89. The first-order valence-corrected chi connectivity index (χ1v) is 4.52. The minimum Gasteiger partial charge on any atom is -0.396 e. The molecule has 2 unspecified atom stereocenters. The van der Waals surface area contributed by atoms with E-state index in [0.29, 0.717) is 5.56 Å². The summed E-state index contributed by atoms with van der Waals surface area (Å²) in [4.78, 5) is 3.84. The maximum Gasteiger partial charge on any atom is 0.122 e. The molecule has 80 valence electrons. The van der Waals surface area contributed by atoms with Crippen molar-refractivity contribution in [3.05, 3.63) is 29.6 Å². The maximum absolute atomic E-state index is 9.58. The third-order valence-corrected chi connectivity index (χ3v) is 2.01. The van der Waals surface area contributed by atoms with E-state index in [9.17, 15) is 10.2 Å². The highest BCUT2D eigenvalue weighted by Crippen LogP contribution is 2.16. The lowest BCUT2D eigenvalue weighted by atomic mass is 10.1. The molecule has 3 N–H and O–H groups in total. The smallest absolute Gasteiger partial charge is 0.122 e. The molecule has 0 aliphatic rings. The van der Waals surface area contributed by atoms with Gasteiger partial charge in [0.05, 0.1) is 17.4 Å². The third-order valence-electron chi connectivity index (χ3n) is 2.01. The second-order valence-electron chi connectivity index (χ2n) is 3.11. The average molecular weight is 208 g/mol. The van der Waals surface area contributed by atoms with E-state index >= 15 is 0 Å². The van der Waals surface area contributed by atoms with Crippen LogP contribution in [0.25, 0.3) is 0 Å². The molecule has 5 heteroatoms. The monoisotopic (exact) mass is 208 g/mol. The third kappa shape index (κ3) is 2.99. The first-order chi connectivity index (χ1) is 7.19. The molecule has 0 saturated heterocycles. The zero-order valence-electron chi connectivity index (χ0n) is 8.04. The summed E-state index contributed by atoms with van der Waals surface area (Å²) in [6.45, 7) is -0.200. The predicted molar refractivity (Wildman–Crippen MR) is 51.6 cm³/mol. The Kier molecular flexibility index (Phi) is 4.18. The highest BCUT2D eigenvalue weighted by Gasteiger charge is 2.18. The molecule has 1 rings (SSSR count). The zero-order chi connectivity index (χ0) is 11.3. The van der Waals surface area contributed by atoms with Gasteiger partial charge in [0.1, 0.15) is 12.2 Å². The molecule has 0 fully saturated rings. The van der Waals surface area contributed by atoms with Gasteiger partial charge in [0, 0.05) is 12.8 Å². The van der Waals surface area contributed by atoms with E-state index in [1.165, 1.54) is 18.3 Å². The number of aliphatic hydroxyl groups is 3. The van der Waals surface area contributed by atoms with Crippen molar-refractivity contribution in [2.45, 2.75) is 18.6 Å². The minimum atomic E-state index is -1.13. The van der Waals surface area contributed by atoms with Crippen molar-refractivity contribution in [3.63, 3.8) is 0 Å². The molecule has 1 heterocycles. The van der Waals surface area contributed by atoms with Crippen LogP contribution in [0.4, 0.5) is 0 Å². The van der Waals surface area contributed by atoms with Gasteiger partial charge in [-0.3, -0.25) is 4.98 Å². The van der Waals surface area contributed by atoms with Gasteiger partial charge in [0.2, 0.25) is 0 Å². The molecule has 5 nitrogen and oxygen atoms in total. The van der Waals surface area contributed by atoms with Crippen LogP contribution in [0.3, 0.4) is 0 Å². The second kappa shape index (κ2) is 5.41. The lowest BCUT2D eigenvalue weighted by Crippen LogP contribution is -2.20. The lowest BCUT2D eigenvalue weighted by Gasteiger charge is -2.15. The summed E-state index contributed by atoms with van der Waals surface area (Å²) in [5.74, 6) is 0. The van der Waals surface area contributed by atoms with Gasteiger partial charge in [-0.05, 0) is 18.6 Å². The maximum atomic E-state index is 9.58. The van der Waals surface area contributed by atoms with Gasteiger partial charge in [-0.1, -0.05) is 0 Å². The van der Waals surface area contributed by atoms with Crippen LogP contribution in [0.5, 0.6) is 0 Å². The number of aliphatic hydroxyl groups excluding tert-OH is 3. The molecular weight excluding hydrogens is 196 g/mol. The lowest BCUT2D eigenvalue weighted by molar-refractivity contribution is 0.00191. The van der Waals surface area contributed by atoms with Crippen LogP contribution >= 0.6 is 0 Å². The fraction of sp³-hybridized carbons (Fsp3) is 0.400. The Labute approximate surface area is 87.3 Å². The first-order valence-electron chi connectivity index (χ1n) is 4.52. The van der Waals surface area contributed by atoms with E-state index in [0.717, 1.165) is 0 Å². The summed E-state index contributed by atoms with van der Waals surface area (Å²) in [5.41, 5.74) is 0.678. The van der Waals surface area contributed by atoms with Crippen molar-refractivity contribution in [1.82, 2.24) is 4.98 Å². The van der Waals surface area contributed by atoms with E-state index < -0.39 is 12.2 Å². The first kappa shape index (κ1) is 11.6. The van der Waals surface area contributed by atoms with Gasteiger partial charge in [0.15, 0.2) is 0 Å². The Morgan fingerprint density at radius 1 is 1.40 bits per heavy atom. The van der Waals surface area contributed by atoms with Gasteiger partial charge in [0.25, 0.3) is 0 Å². The topological polar surface area (TPSA) is 97.4 Å². The molecule has 0 aromatic carbocycles. The number of hydrogen-bond donors (Lipinski definition) is 3. The van der Waals surface area contributed by atoms with E-state index in [1.54, 1.807) is 0 Å². The highest BCUT2D eigenvalue weighted by molar-refractivity contribution is 5.27. The van der Waals surface area contributed by atoms with E-state index in [1.807, 2.05) is 6.07 Å². The van der Waals surface area contributed by atoms with Crippen LogP contribution in [0.2, 0.25) is 0 Å². The van der Waals surface area contributed by atoms with Gasteiger partial charge in [-0.2, -0.15) is 5.26 Å². The molecule has 0 aliphatic carbocycles. The molecule has 0 spiro atoms. The van der Waals surface area contributed by atoms with E-state index in [-0.39, 0.29) is 18.7 Å². The van der Waals surface area contributed by atoms with Crippen molar-refractivity contribution < 1.29 is 15.3 Å². The summed E-state index contributed by atoms with van der Waals surface area (Å²) in [5, 5.41) is 36.1. The Morgan fingerprint density at radius 2 is 2.13 bits per heavy atom. The fourth-order valence-electron chi connectivity index (χ4n) is 1.13. The zero-order valence-corrected chi connectivity index (χ0v) is 8.04. The second-order valence-corrected chi connectivity index (χ2v) is 3.11. The van der Waals surface area contributed by atoms with Gasteiger partial charge < -0.3 is 15.3 Å². The number of hydrogen-bond acceptors (Lipinski definition) is 5. The molecule has 0 amide bonds. The standard InChI is InChI=1S/C10H12N2O3/c11-5-7-1-2-8(12-6-7)10(15)9(14)3-4-13/h1-2,6,9-10,13-15H,3-4H2. The molecule has 0 radical (unpaired) electrons. The van der Waals surface area contributed by atoms with Crippen LogP contribution in [-0.4, -0.2) is 33.0 Å². The molecule has 15 heavy (non-hydrogen) atoms. The van der Waals surface area contributed by atoms with Gasteiger partial charge in [-0.25, -0.2) is 0 Å². The number of aromatic nitrogens is 1. The Hall–Kier alpha value is -1.48. The number of nitrogens with zero attached hydrogens (tertiary/aromatic N) is 2. The van der Waals surface area contributed by atoms with Crippen LogP contribution in [0.15, 0.2) is 18.3 Å². The Morgan fingerprint density at radius 3 is 2.60 bits per heavy atom. The number of pyridine rings is 1. The molecule has 2 atom stereocenters. The minimum absolute atomic E-state index is 0.0862. The fourth-order valence-corrected chi connectivity index (χ4v) is 1.13. The van der Waals surface area contributed by atoms with Crippen LogP contribution in [0, 0.1) is 11.3 Å². The van der Waals surface area contributed by atoms with Crippen LogP contribution in [-0.2, 0) is 0 Å². The summed E-state index contributed by atoms with van der Waals surface area (Å²) in [7, 11) is 0. The average Bonchev–Trinajstić information content (AvgIpc) is 2.28. The Balaban J connectivity index is 2.74. The highest BCUT2D eigenvalue weighted by atomic mass is 16.3. The molecule has 0 saturated carbocycles. The molecule has 1 aromatic rings. The largest absolute Gasteiger partial charge is 0.396 e. The quantitative estimate of drug-likeness (QED) is 0.632. The molecule has 0 bridgehead atoms. The van der Waals surface area contributed by atoms with Crippen molar-refractivity contribution in [2.75, 3.05) is 6.61 Å². The molecular formula is C10H12N2O3. The van der Waals surface area contributed by atoms with Crippen molar-refractivity contribution >= 4 is 0 Å². The van der Waals surface area contributed by atoms with Crippen molar-refractivity contribution in [3.8, 4) is 6.07 Å². The van der Waals surface area contributed by atoms with Gasteiger partial charge in [-0.15, -0.1) is 0 Å². The van der Waals surface area contributed by atoms with E-state index in [2.05, 4.69) is 4.98 Å². The number of rotatable bonds is 4. The molecule has 1 aromatic heterocycles. The summed E-state index contributed by atoms with van der Waals surface area (Å²) in [6.07, 6.45) is -0.770. The normalized spacial score (nSPS) is 14.3. The Bertz CT molecular complexity index is 345. The summed E-state index contributed by atoms with van der Waals surface area (Å²) >= 11 is 0. The van der Waals surface area contributed by atoms with Crippen LogP contribution < -0.4 is 0 Å². The molecule has 0 aliphatic heterocycles. The van der Waals surface area contributed by atoms with Crippen molar-refractivity contribution in [2.24, 2.45) is 0 Å². The van der Waals surface area contributed by atoms with Crippen LogP contribution in [0.1, 0.15) is 23.8 Å².